The Balaban J connectivity index is 0.000000442. The highest BCUT2D eigenvalue weighted by molar-refractivity contribution is 5.37. The van der Waals surface area contributed by atoms with Gasteiger partial charge in [-0.05, 0) is 36.8 Å². The Bertz CT molecular complexity index is 273. The molecule has 1 unspecified atom stereocenters. The van der Waals surface area contributed by atoms with Crippen molar-refractivity contribution in [1.82, 2.24) is 0 Å². The third-order valence-electron chi connectivity index (χ3n) is 2.68. The molecule has 0 aromatic heterocycles. The van der Waals surface area contributed by atoms with E-state index >= 15 is 0 Å². The van der Waals surface area contributed by atoms with Crippen LogP contribution in [-0.4, -0.2) is 0 Å². The summed E-state index contributed by atoms with van der Waals surface area (Å²) in [5.41, 5.74) is 4.56. The molecule has 1 aliphatic carbocycles. The van der Waals surface area contributed by atoms with Crippen molar-refractivity contribution >= 4 is 0 Å². The average Bonchev–Trinajstić information content (AvgIpc) is 2.66. The number of hydrogen-bond acceptors (Lipinski definition) is 0. The highest BCUT2D eigenvalue weighted by Gasteiger charge is 2.17. The van der Waals surface area contributed by atoms with Crippen LogP contribution in [0.3, 0.4) is 0 Å². The highest BCUT2D eigenvalue weighted by atomic mass is 14.2. The lowest BCUT2D eigenvalue weighted by Gasteiger charge is -2.04. The maximum Gasteiger partial charge on any atom is -0.0184 e. The third-order valence-corrected chi connectivity index (χ3v) is 2.68. The van der Waals surface area contributed by atoms with Gasteiger partial charge >= 0.3 is 0 Å². The van der Waals surface area contributed by atoms with E-state index in [2.05, 4.69) is 32.0 Å². The second kappa shape index (κ2) is 7.50. The Kier molecular flexibility index (Phi) is 7.11. The summed E-state index contributed by atoms with van der Waals surface area (Å²) in [6.45, 7) is 12.5. The lowest BCUT2D eigenvalue weighted by atomic mass is 10.0. The van der Waals surface area contributed by atoms with Crippen LogP contribution in [0.15, 0.2) is 18.2 Å². The van der Waals surface area contributed by atoms with Crippen molar-refractivity contribution in [3.8, 4) is 0 Å². The molecule has 86 valence electrons. The standard InChI is InChI=1S/C11H14.2C2H6/c1-8-3-5-10-6-4-9(2)11(10)7-8;2*1-2/h3,5,7,9H,4,6H2,1-2H3;2*1-2H3. The van der Waals surface area contributed by atoms with Crippen molar-refractivity contribution in [2.24, 2.45) is 0 Å². The molecule has 1 atom stereocenters. The summed E-state index contributed by atoms with van der Waals surface area (Å²) in [5, 5.41) is 0. The van der Waals surface area contributed by atoms with Crippen molar-refractivity contribution < 1.29 is 0 Å². The van der Waals surface area contributed by atoms with Gasteiger partial charge in [0.05, 0.1) is 0 Å². The number of benzene rings is 1. The molecule has 0 heteroatoms. The van der Waals surface area contributed by atoms with Crippen LogP contribution in [0.25, 0.3) is 0 Å². The van der Waals surface area contributed by atoms with Gasteiger partial charge in [0.25, 0.3) is 0 Å². The Labute approximate surface area is 95.7 Å². The van der Waals surface area contributed by atoms with Crippen LogP contribution in [-0.2, 0) is 6.42 Å². The fourth-order valence-corrected chi connectivity index (χ4v) is 1.93. The van der Waals surface area contributed by atoms with E-state index < -0.39 is 0 Å². The van der Waals surface area contributed by atoms with Crippen molar-refractivity contribution in [3.05, 3.63) is 34.9 Å². The first kappa shape index (κ1) is 14.2. The number of rotatable bonds is 0. The van der Waals surface area contributed by atoms with Crippen LogP contribution in [0.1, 0.15) is 63.6 Å². The van der Waals surface area contributed by atoms with Crippen LogP contribution in [0, 0.1) is 6.92 Å². The predicted octanol–water partition coefficient (Wildman–Crippen LogP) is 5.10. The minimum absolute atomic E-state index is 0.796. The zero-order valence-corrected chi connectivity index (χ0v) is 11.2. The monoisotopic (exact) mass is 206 g/mol. The molecule has 2 rings (SSSR count). The van der Waals surface area contributed by atoms with Crippen LogP contribution >= 0.6 is 0 Å². The maximum absolute atomic E-state index is 2.34. The summed E-state index contributed by atoms with van der Waals surface area (Å²) >= 11 is 0. The molecule has 1 aromatic rings. The van der Waals surface area contributed by atoms with E-state index in [-0.39, 0.29) is 0 Å². The van der Waals surface area contributed by atoms with Gasteiger partial charge in [0.1, 0.15) is 0 Å². The molecule has 0 aliphatic heterocycles. The first-order chi connectivity index (χ1) is 7.27. The predicted molar refractivity (Wildman–Crippen MR) is 70.6 cm³/mol. The minimum Gasteiger partial charge on any atom is -0.0683 e. The van der Waals surface area contributed by atoms with Crippen molar-refractivity contribution in [2.75, 3.05) is 0 Å². The molecular formula is C15H26. The van der Waals surface area contributed by atoms with Gasteiger partial charge in [-0.3, -0.25) is 0 Å². The van der Waals surface area contributed by atoms with Gasteiger partial charge < -0.3 is 0 Å². The largest absolute Gasteiger partial charge is 0.0683 e. The van der Waals surface area contributed by atoms with Gasteiger partial charge in [-0.15, -0.1) is 0 Å². The van der Waals surface area contributed by atoms with E-state index in [9.17, 15) is 0 Å². The molecule has 0 heterocycles. The first-order valence-electron chi connectivity index (χ1n) is 6.37. The number of fused-ring (bicyclic) bond motifs is 1. The van der Waals surface area contributed by atoms with E-state index in [4.69, 9.17) is 0 Å². The van der Waals surface area contributed by atoms with E-state index in [0.717, 1.165) is 5.92 Å². The molecule has 0 amide bonds. The van der Waals surface area contributed by atoms with Gasteiger partial charge in [-0.25, -0.2) is 0 Å². The lowest BCUT2D eigenvalue weighted by molar-refractivity contribution is 0.747. The van der Waals surface area contributed by atoms with E-state index in [1.807, 2.05) is 27.7 Å². The molecule has 0 N–H and O–H groups in total. The maximum atomic E-state index is 2.34. The molecular weight excluding hydrogens is 180 g/mol. The first-order valence-corrected chi connectivity index (χ1v) is 6.37. The fourth-order valence-electron chi connectivity index (χ4n) is 1.93. The molecule has 0 saturated carbocycles. The summed E-state index contributed by atoms with van der Waals surface area (Å²) in [6, 6.07) is 6.85. The van der Waals surface area contributed by atoms with Gasteiger partial charge in [-0.2, -0.15) is 0 Å². The van der Waals surface area contributed by atoms with E-state index in [1.165, 1.54) is 18.4 Å². The quantitative estimate of drug-likeness (QED) is 0.554. The Hall–Kier alpha value is -0.780. The van der Waals surface area contributed by atoms with Crippen LogP contribution in [0.2, 0.25) is 0 Å². The third kappa shape index (κ3) is 3.70. The minimum atomic E-state index is 0.796. The Morgan fingerprint density at radius 2 is 1.67 bits per heavy atom. The zero-order chi connectivity index (χ0) is 11.8. The van der Waals surface area contributed by atoms with Gasteiger partial charge in [0.2, 0.25) is 0 Å². The molecule has 15 heavy (non-hydrogen) atoms. The normalized spacial score (nSPS) is 16.8. The number of aryl methyl sites for hydroxylation is 2. The highest BCUT2D eigenvalue weighted by Crippen LogP contribution is 2.32. The van der Waals surface area contributed by atoms with Crippen LogP contribution in [0.5, 0.6) is 0 Å². The van der Waals surface area contributed by atoms with Crippen molar-refractivity contribution in [1.29, 1.82) is 0 Å². The Morgan fingerprint density at radius 1 is 1.07 bits per heavy atom. The van der Waals surface area contributed by atoms with Crippen LogP contribution < -0.4 is 0 Å². The molecule has 0 bridgehead atoms. The fraction of sp³-hybridized carbons (Fsp3) is 0.600. The molecule has 0 spiro atoms. The van der Waals surface area contributed by atoms with Crippen LogP contribution in [0.4, 0.5) is 0 Å². The SMILES string of the molecule is CC.CC.Cc1ccc2c(c1)C(C)CC2. The molecule has 0 fully saturated rings. The lowest BCUT2D eigenvalue weighted by Crippen LogP contribution is -1.86. The second-order valence-electron chi connectivity index (χ2n) is 3.64. The summed E-state index contributed by atoms with van der Waals surface area (Å²) in [7, 11) is 0. The molecule has 0 radical (unpaired) electrons. The van der Waals surface area contributed by atoms with E-state index in [1.54, 1.807) is 11.1 Å². The molecule has 1 aliphatic rings. The number of hydrogen-bond donors (Lipinski definition) is 0. The van der Waals surface area contributed by atoms with Crippen molar-refractivity contribution in [2.45, 2.75) is 60.3 Å². The smallest absolute Gasteiger partial charge is 0.0184 e. The van der Waals surface area contributed by atoms with Gasteiger partial charge in [0.15, 0.2) is 0 Å². The topological polar surface area (TPSA) is 0 Å². The van der Waals surface area contributed by atoms with E-state index in [0.29, 0.717) is 0 Å². The Morgan fingerprint density at radius 3 is 2.27 bits per heavy atom. The zero-order valence-electron chi connectivity index (χ0n) is 11.2. The molecule has 1 aromatic carbocycles. The summed E-state index contributed by atoms with van der Waals surface area (Å²) in [5.74, 6) is 0.796. The van der Waals surface area contributed by atoms with Crippen molar-refractivity contribution in [3.63, 3.8) is 0 Å². The summed E-state index contributed by atoms with van der Waals surface area (Å²) in [4.78, 5) is 0. The molecule has 0 nitrogen and oxygen atoms in total. The summed E-state index contributed by atoms with van der Waals surface area (Å²) in [6.07, 6.45) is 2.63. The van der Waals surface area contributed by atoms with Gasteiger partial charge in [0, 0.05) is 0 Å². The summed E-state index contributed by atoms with van der Waals surface area (Å²) < 4.78 is 0. The molecule has 0 saturated heterocycles. The second-order valence-corrected chi connectivity index (χ2v) is 3.64. The van der Waals surface area contributed by atoms with Gasteiger partial charge in [-0.1, -0.05) is 58.4 Å². The average molecular weight is 206 g/mol.